The second kappa shape index (κ2) is 3.48. The van der Waals surface area contributed by atoms with E-state index in [1.54, 1.807) is 0 Å². The van der Waals surface area contributed by atoms with Crippen LogP contribution < -0.4 is 5.46 Å². The van der Waals surface area contributed by atoms with Gasteiger partial charge in [-0.15, -0.1) is 0 Å². The van der Waals surface area contributed by atoms with Gasteiger partial charge in [0.1, 0.15) is 7.85 Å². The van der Waals surface area contributed by atoms with Crippen LogP contribution >= 0.6 is 0 Å². The number of hydrogen-bond acceptors (Lipinski definition) is 1. The lowest BCUT2D eigenvalue weighted by atomic mass is 10.0. The summed E-state index contributed by atoms with van der Waals surface area (Å²) >= 11 is 0. The Bertz CT molecular complexity index is 381. The van der Waals surface area contributed by atoms with Crippen LogP contribution in [0.15, 0.2) is 42.7 Å². The minimum atomic E-state index is 0.856. The van der Waals surface area contributed by atoms with Gasteiger partial charge in [-0.05, 0) is 5.56 Å². The molecule has 0 N–H and O–H groups in total. The normalized spacial score (nSPS) is 10.2. The molecule has 0 aliphatic carbocycles. The Hall–Kier alpha value is -1.51. The smallest absolute Gasteiger partial charge is 0.143 e. The monoisotopic (exact) mass is 170 g/mol. The van der Waals surface area contributed by atoms with E-state index in [0.29, 0.717) is 0 Å². The first-order chi connectivity index (χ1) is 6.34. The van der Waals surface area contributed by atoms with Crippen LogP contribution in [0.1, 0.15) is 5.56 Å². The third kappa shape index (κ3) is 1.99. The van der Waals surface area contributed by atoms with Gasteiger partial charge in [-0.1, -0.05) is 35.8 Å². The van der Waals surface area contributed by atoms with E-state index in [2.05, 4.69) is 25.1 Å². The quantitative estimate of drug-likeness (QED) is 0.588. The molecule has 3 heteroatoms. The first kappa shape index (κ1) is 8.11. The Labute approximate surface area is 78.6 Å². The number of nitrogens with zero attached hydrogens (tertiary/aromatic N) is 2. The molecule has 2 nitrogen and oxygen atoms in total. The molecule has 0 saturated carbocycles. The lowest BCUT2D eigenvalue weighted by Gasteiger charge is -2.00. The molecule has 0 spiro atoms. The molecule has 0 saturated heterocycles. The second-order valence-electron chi connectivity index (χ2n) is 3.20. The minimum absolute atomic E-state index is 0.856. The van der Waals surface area contributed by atoms with Crippen molar-refractivity contribution in [1.29, 1.82) is 0 Å². The van der Waals surface area contributed by atoms with Gasteiger partial charge < -0.3 is 0 Å². The summed E-state index contributed by atoms with van der Waals surface area (Å²) in [5.41, 5.74) is 2.49. The van der Waals surface area contributed by atoms with E-state index in [0.717, 1.165) is 6.54 Å². The molecule has 0 amide bonds. The van der Waals surface area contributed by atoms with Crippen LogP contribution in [-0.2, 0) is 6.54 Å². The fourth-order valence-electron chi connectivity index (χ4n) is 1.32. The molecule has 2 rings (SSSR count). The molecule has 2 aromatic rings. The summed E-state index contributed by atoms with van der Waals surface area (Å²) in [7, 11) is 2.05. The highest BCUT2D eigenvalue weighted by Crippen LogP contribution is 1.99. The zero-order valence-electron chi connectivity index (χ0n) is 7.64. The lowest BCUT2D eigenvalue weighted by Crippen LogP contribution is -2.01. The predicted molar refractivity (Wildman–Crippen MR) is 55.9 cm³/mol. The van der Waals surface area contributed by atoms with E-state index in [-0.39, 0.29) is 0 Å². The SMILES string of the molecule is Bc1cnn(Cc2ccccc2)c1. The Morgan fingerprint density at radius 2 is 2.00 bits per heavy atom. The minimum Gasteiger partial charge on any atom is -0.269 e. The maximum absolute atomic E-state index is 4.23. The fourth-order valence-corrected chi connectivity index (χ4v) is 1.32. The highest BCUT2D eigenvalue weighted by molar-refractivity contribution is 6.31. The predicted octanol–water partition coefficient (Wildman–Crippen LogP) is 0.190. The summed E-state index contributed by atoms with van der Waals surface area (Å²) in [6, 6.07) is 10.3. The fraction of sp³-hybridized carbons (Fsp3) is 0.100. The standard InChI is InChI=1S/C10H11BN2/c11-10-6-12-13(8-10)7-9-4-2-1-3-5-9/h1-6,8H,7,11H2. The van der Waals surface area contributed by atoms with Crippen molar-refractivity contribution < 1.29 is 0 Å². The van der Waals surface area contributed by atoms with E-state index in [1.807, 2.05) is 35.3 Å². The molecule has 0 unspecified atom stereocenters. The topological polar surface area (TPSA) is 17.8 Å². The highest BCUT2D eigenvalue weighted by atomic mass is 15.3. The molecule has 1 aromatic heterocycles. The van der Waals surface area contributed by atoms with Crippen LogP contribution in [0.3, 0.4) is 0 Å². The number of benzene rings is 1. The molecule has 13 heavy (non-hydrogen) atoms. The van der Waals surface area contributed by atoms with Gasteiger partial charge in [-0.25, -0.2) is 0 Å². The van der Waals surface area contributed by atoms with E-state index < -0.39 is 0 Å². The summed E-state index contributed by atoms with van der Waals surface area (Å²) in [4.78, 5) is 0. The van der Waals surface area contributed by atoms with Gasteiger partial charge in [0.15, 0.2) is 0 Å². The van der Waals surface area contributed by atoms with Gasteiger partial charge >= 0.3 is 0 Å². The molecule has 1 heterocycles. The van der Waals surface area contributed by atoms with Gasteiger partial charge in [-0.2, -0.15) is 5.10 Å². The van der Waals surface area contributed by atoms with Crippen molar-refractivity contribution in [2.75, 3.05) is 0 Å². The van der Waals surface area contributed by atoms with Gasteiger partial charge in [0.25, 0.3) is 0 Å². The van der Waals surface area contributed by atoms with E-state index in [4.69, 9.17) is 0 Å². The third-order valence-corrected chi connectivity index (χ3v) is 1.95. The average molecular weight is 170 g/mol. The molecular weight excluding hydrogens is 159 g/mol. The number of hydrogen-bond donors (Lipinski definition) is 0. The first-order valence-electron chi connectivity index (χ1n) is 4.37. The van der Waals surface area contributed by atoms with Gasteiger partial charge in [0.2, 0.25) is 0 Å². The van der Waals surface area contributed by atoms with E-state index >= 15 is 0 Å². The van der Waals surface area contributed by atoms with Crippen LogP contribution in [0.2, 0.25) is 0 Å². The van der Waals surface area contributed by atoms with Gasteiger partial charge in [-0.3, -0.25) is 4.68 Å². The molecular formula is C10H11BN2. The van der Waals surface area contributed by atoms with Crippen molar-refractivity contribution in [1.82, 2.24) is 9.78 Å². The van der Waals surface area contributed by atoms with Crippen molar-refractivity contribution in [2.24, 2.45) is 0 Å². The maximum Gasteiger partial charge on any atom is 0.143 e. The average Bonchev–Trinajstić information content (AvgIpc) is 2.53. The summed E-state index contributed by atoms with van der Waals surface area (Å²) in [5.74, 6) is 0. The molecule has 0 fully saturated rings. The molecule has 0 bridgehead atoms. The molecule has 0 radical (unpaired) electrons. The van der Waals surface area contributed by atoms with E-state index in [1.165, 1.54) is 11.0 Å². The van der Waals surface area contributed by atoms with Crippen LogP contribution in [0.5, 0.6) is 0 Å². The molecule has 0 atom stereocenters. The Balaban J connectivity index is 2.15. The van der Waals surface area contributed by atoms with E-state index in [9.17, 15) is 0 Å². The van der Waals surface area contributed by atoms with Crippen LogP contribution in [-0.4, -0.2) is 17.6 Å². The zero-order valence-corrected chi connectivity index (χ0v) is 7.64. The Morgan fingerprint density at radius 3 is 2.62 bits per heavy atom. The van der Waals surface area contributed by atoms with Crippen LogP contribution in [0.25, 0.3) is 0 Å². The van der Waals surface area contributed by atoms with Crippen molar-refractivity contribution in [3.63, 3.8) is 0 Å². The molecule has 1 aromatic carbocycles. The van der Waals surface area contributed by atoms with Crippen molar-refractivity contribution in [2.45, 2.75) is 6.54 Å². The van der Waals surface area contributed by atoms with Crippen LogP contribution in [0, 0.1) is 0 Å². The molecule has 64 valence electrons. The van der Waals surface area contributed by atoms with Crippen LogP contribution in [0.4, 0.5) is 0 Å². The molecule has 0 aliphatic rings. The van der Waals surface area contributed by atoms with Crippen molar-refractivity contribution in [3.05, 3.63) is 48.3 Å². The van der Waals surface area contributed by atoms with Gasteiger partial charge in [0.05, 0.1) is 6.54 Å². The van der Waals surface area contributed by atoms with Gasteiger partial charge in [0, 0.05) is 12.4 Å². The maximum atomic E-state index is 4.23. The zero-order chi connectivity index (χ0) is 9.10. The lowest BCUT2D eigenvalue weighted by molar-refractivity contribution is 0.687. The summed E-state index contributed by atoms with van der Waals surface area (Å²) in [6.45, 7) is 0.856. The second-order valence-corrected chi connectivity index (χ2v) is 3.20. The first-order valence-corrected chi connectivity index (χ1v) is 4.37. The Morgan fingerprint density at radius 1 is 1.23 bits per heavy atom. The number of rotatable bonds is 2. The van der Waals surface area contributed by atoms with Crippen molar-refractivity contribution in [3.8, 4) is 0 Å². The summed E-state index contributed by atoms with van der Waals surface area (Å²) in [6.07, 6.45) is 3.93. The highest BCUT2D eigenvalue weighted by Gasteiger charge is 1.94. The summed E-state index contributed by atoms with van der Waals surface area (Å²) in [5, 5.41) is 4.23. The Kier molecular flexibility index (Phi) is 2.17. The summed E-state index contributed by atoms with van der Waals surface area (Å²) < 4.78 is 1.95. The molecule has 0 aliphatic heterocycles. The largest absolute Gasteiger partial charge is 0.269 e. The number of aromatic nitrogens is 2. The van der Waals surface area contributed by atoms with Crippen molar-refractivity contribution >= 4 is 13.3 Å². The third-order valence-electron chi connectivity index (χ3n) is 1.95.